The van der Waals surface area contributed by atoms with E-state index < -0.39 is 0 Å². The molecular formula is C21H22N2O3. The molecule has 0 aliphatic carbocycles. The molecule has 3 amide bonds. The van der Waals surface area contributed by atoms with Crippen LogP contribution in [0.2, 0.25) is 0 Å². The zero-order valence-electron chi connectivity index (χ0n) is 15.0. The van der Waals surface area contributed by atoms with Crippen molar-refractivity contribution in [3.8, 4) is 0 Å². The number of imide groups is 1. The van der Waals surface area contributed by atoms with Gasteiger partial charge in [0.15, 0.2) is 0 Å². The van der Waals surface area contributed by atoms with Gasteiger partial charge in [0.25, 0.3) is 17.7 Å². The zero-order valence-corrected chi connectivity index (χ0v) is 15.0. The van der Waals surface area contributed by atoms with Crippen LogP contribution in [0.4, 0.5) is 0 Å². The maximum atomic E-state index is 12.5. The van der Waals surface area contributed by atoms with Gasteiger partial charge in [-0.05, 0) is 36.1 Å². The van der Waals surface area contributed by atoms with E-state index in [-0.39, 0.29) is 17.7 Å². The van der Waals surface area contributed by atoms with Crippen molar-refractivity contribution >= 4 is 17.7 Å². The first-order chi connectivity index (χ1) is 12.5. The van der Waals surface area contributed by atoms with Crippen molar-refractivity contribution < 1.29 is 14.4 Å². The third-order valence-electron chi connectivity index (χ3n) is 4.46. The van der Waals surface area contributed by atoms with Gasteiger partial charge in [-0.25, -0.2) is 0 Å². The Bertz CT molecular complexity index is 844. The van der Waals surface area contributed by atoms with Crippen molar-refractivity contribution in [1.82, 2.24) is 10.2 Å². The number of carbonyl (C=O) groups is 3. The molecule has 0 bridgehead atoms. The number of rotatable bonds is 6. The van der Waals surface area contributed by atoms with Crippen LogP contribution in [0.5, 0.6) is 0 Å². The number of nitrogens with zero attached hydrogens (tertiary/aromatic N) is 1. The van der Waals surface area contributed by atoms with Gasteiger partial charge in [-0.3, -0.25) is 19.3 Å². The van der Waals surface area contributed by atoms with Crippen LogP contribution in [0.15, 0.2) is 48.5 Å². The molecule has 26 heavy (non-hydrogen) atoms. The van der Waals surface area contributed by atoms with Gasteiger partial charge in [0.2, 0.25) is 0 Å². The summed E-state index contributed by atoms with van der Waals surface area (Å²) in [5.41, 5.74) is 2.06. The number of nitrogens with one attached hydrogen (secondary N) is 1. The normalized spacial score (nSPS) is 13.3. The van der Waals surface area contributed by atoms with Crippen molar-refractivity contribution in [2.45, 2.75) is 26.8 Å². The van der Waals surface area contributed by atoms with E-state index in [1.165, 1.54) is 11.0 Å². The third-order valence-corrected chi connectivity index (χ3v) is 4.46. The van der Waals surface area contributed by atoms with Crippen LogP contribution < -0.4 is 5.32 Å². The Kier molecular flexibility index (Phi) is 5.16. The molecule has 0 saturated carbocycles. The Morgan fingerprint density at radius 1 is 1.00 bits per heavy atom. The summed E-state index contributed by atoms with van der Waals surface area (Å²) in [6, 6.07) is 14.3. The summed E-state index contributed by atoms with van der Waals surface area (Å²) in [5.74, 6) is -0.457. The lowest BCUT2D eigenvalue weighted by atomic mass is 10.1. The fourth-order valence-electron chi connectivity index (χ4n) is 2.90. The van der Waals surface area contributed by atoms with Gasteiger partial charge in [0.05, 0.1) is 11.1 Å². The number of hydrogen-bond donors (Lipinski definition) is 1. The molecule has 0 atom stereocenters. The van der Waals surface area contributed by atoms with Crippen molar-refractivity contribution in [3.63, 3.8) is 0 Å². The molecule has 0 fully saturated rings. The highest BCUT2D eigenvalue weighted by atomic mass is 16.2. The van der Waals surface area contributed by atoms with Crippen molar-refractivity contribution in [2.75, 3.05) is 6.54 Å². The summed E-state index contributed by atoms with van der Waals surface area (Å²) in [4.78, 5) is 38.6. The predicted octanol–water partition coefficient (Wildman–Crippen LogP) is 3.26. The molecule has 134 valence electrons. The van der Waals surface area contributed by atoms with E-state index in [1.807, 2.05) is 44.2 Å². The topological polar surface area (TPSA) is 66.5 Å². The summed E-state index contributed by atoms with van der Waals surface area (Å²) >= 11 is 0. The maximum Gasteiger partial charge on any atom is 0.261 e. The Hall–Kier alpha value is -2.95. The standard InChI is InChI=1S/C21H22N2O3/c1-14(2)10-11-23-20(25)17-9-8-16(12-18(17)21(23)26)19(24)22-13-15-6-4-3-5-7-15/h3-9,12,14H,10-11,13H2,1-2H3,(H,22,24). The molecule has 1 aliphatic heterocycles. The molecule has 0 unspecified atom stereocenters. The Labute approximate surface area is 153 Å². The lowest BCUT2D eigenvalue weighted by Crippen LogP contribution is -2.31. The highest BCUT2D eigenvalue weighted by Gasteiger charge is 2.35. The SMILES string of the molecule is CC(C)CCN1C(=O)c2ccc(C(=O)NCc3ccccc3)cc2C1=O. The summed E-state index contributed by atoms with van der Waals surface area (Å²) < 4.78 is 0. The third kappa shape index (κ3) is 3.67. The summed E-state index contributed by atoms with van der Waals surface area (Å²) in [5, 5.41) is 2.84. The van der Waals surface area contributed by atoms with Crippen LogP contribution in [0.1, 0.15) is 56.9 Å². The lowest BCUT2D eigenvalue weighted by molar-refractivity contribution is 0.0647. The Morgan fingerprint density at radius 3 is 2.38 bits per heavy atom. The van der Waals surface area contributed by atoms with Crippen LogP contribution in [0, 0.1) is 5.92 Å². The van der Waals surface area contributed by atoms with E-state index in [0.717, 1.165) is 12.0 Å². The first kappa shape index (κ1) is 17.9. The first-order valence-electron chi connectivity index (χ1n) is 8.79. The molecule has 3 rings (SSSR count). The predicted molar refractivity (Wildman–Crippen MR) is 98.9 cm³/mol. The molecule has 0 aromatic heterocycles. The number of fused-ring (bicyclic) bond motifs is 1. The van der Waals surface area contributed by atoms with E-state index in [2.05, 4.69) is 5.32 Å². The van der Waals surface area contributed by atoms with Gasteiger partial charge in [0, 0.05) is 18.7 Å². The lowest BCUT2D eigenvalue weighted by Gasteiger charge is -2.14. The molecule has 5 heteroatoms. The minimum atomic E-state index is -0.316. The summed E-state index contributed by atoms with van der Waals surface area (Å²) in [6.45, 7) is 4.91. The van der Waals surface area contributed by atoms with Gasteiger partial charge in [-0.15, -0.1) is 0 Å². The highest BCUT2D eigenvalue weighted by molar-refractivity contribution is 6.22. The number of carbonyl (C=O) groups excluding carboxylic acids is 3. The van der Waals surface area contributed by atoms with E-state index in [4.69, 9.17) is 0 Å². The van der Waals surface area contributed by atoms with Gasteiger partial charge >= 0.3 is 0 Å². The molecule has 2 aromatic carbocycles. The number of amides is 3. The fraction of sp³-hybridized carbons (Fsp3) is 0.286. The van der Waals surface area contributed by atoms with Gasteiger partial charge in [0.1, 0.15) is 0 Å². The monoisotopic (exact) mass is 350 g/mol. The summed E-state index contributed by atoms with van der Waals surface area (Å²) in [6.07, 6.45) is 0.760. The molecule has 1 aliphatic rings. The van der Waals surface area contributed by atoms with Crippen molar-refractivity contribution in [2.24, 2.45) is 5.92 Å². The van der Waals surface area contributed by atoms with E-state index in [1.54, 1.807) is 12.1 Å². The van der Waals surface area contributed by atoms with E-state index >= 15 is 0 Å². The average Bonchev–Trinajstić information content (AvgIpc) is 2.89. The van der Waals surface area contributed by atoms with Gasteiger partial charge in [-0.1, -0.05) is 44.2 Å². The van der Waals surface area contributed by atoms with Crippen molar-refractivity contribution in [1.29, 1.82) is 0 Å². The Morgan fingerprint density at radius 2 is 1.69 bits per heavy atom. The van der Waals surface area contributed by atoms with Crippen LogP contribution in [-0.2, 0) is 6.54 Å². The highest BCUT2D eigenvalue weighted by Crippen LogP contribution is 2.24. The van der Waals surface area contributed by atoms with Crippen LogP contribution in [0.25, 0.3) is 0 Å². The number of benzene rings is 2. The van der Waals surface area contributed by atoms with Crippen LogP contribution >= 0.6 is 0 Å². The second-order valence-corrected chi connectivity index (χ2v) is 6.87. The molecule has 2 aromatic rings. The average molecular weight is 350 g/mol. The second-order valence-electron chi connectivity index (χ2n) is 6.87. The smallest absolute Gasteiger partial charge is 0.261 e. The maximum absolute atomic E-state index is 12.5. The van der Waals surface area contributed by atoms with Gasteiger partial charge in [-0.2, -0.15) is 0 Å². The van der Waals surface area contributed by atoms with Crippen molar-refractivity contribution in [3.05, 3.63) is 70.8 Å². The molecule has 0 spiro atoms. The first-order valence-corrected chi connectivity index (χ1v) is 8.79. The molecule has 0 saturated heterocycles. The van der Waals surface area contributed by atoms with E-state index in [0.29, 0.717) is 35.7 Å². The second kappa shape index (κ2) is 7.52. The van der Waals surface area contributed by atoms with E-state index in [9.17, 15) is 14.4 Å². The number of hydrogen-bond acceptors (Lipinski definition) is 3. The quantitative estimate of drug-likeness (QED) is 0.813. The molecule has 0 radical (unpaired) electrons. The minimum Gasteiger partial charge on any atom is -0.348 e. The fourth-order valence-corrected chi connectivity index (χ4v) is 2.90. The molecule has 1 heterocycles. The summed E-state index contributed by atoms with van der Waals surface area (Å²) in [7, 11) is 0. The van der Waals surface area contributed by atoms with Gasteiger partial charge < -0.3 is 5.32 Å². The van der Waals surface area contributed by atoms with Crippen LogP contribution in [0.3, 0.4) is 0 Å². The Balaban J connectivity index is 1.72. The zero-order chi connectivity index (χ0) is 18.7. The molecule has 1 N–H and O–H groups in total. The minimum absolute atomic E-state index is 0.266. The molecular weight excluding hydrogens is 328 g/mol. The molecule has 5 nitrogen and oxygen atoms in total. The largest absolute Gasteiger partial charge is 0.348 e. The van der Waals surface area contributed by atoms with Crippen LogP contribution in [-0.4, -0.2) is 29.2 Å².